The predicted octanol–water partition coefficient (Wildman–Crippen LogP) is 5.59. The lowest BCUT2D eigenvalue weighted by Gasteiger charge is -2.27. The van der Waals surface area contributed by atoms with Crippen molar-refractivity contribution in [1.29, 1.82) is 0 Å². The number of nitrogens with one attached hydrogen (secondary N) is 2. The van der Waals surface area contributed by atoms with Gasteiger partial charge in [0.25, 0.3) is 5.91 Å². The highest BCUT2D eigenvalue weighted by Gasteiger charge is 2.42. The molecule has 5 rings (SSSR count). The lowest BCUT2D eigenvalue weighted by molar-refractivity contribution is -0.125. The number of benzene rings is 3. The monoisotopic (exact) mass is 587 g/mol. The maximum absolute atomic E-state index is 13.6. The molecule has 210 valence electrons. The van der Waals surface area contributed by atoms with Crippen LogP contribution in [0.3, 0.4) is 0 Å². The van der Waals surface area contributed by atoms with E-state index in [1.807, 2.05) is 61.5 Å². The lowest BCUT2D eigenvalue weighted by atomic mass is 10.1. The fourth-order valence-electron chi connectivity index (χ4n) is 4.62. The average Bonchev–Trinajstić information content (AvgIpc) is 3.32. The number of thioether (sulfide) groups is 1. The summed E-state index contributed by atoms with van der Waals surface area (Å²) in [5.74, 6) is -0.0565. The molecule has 0 radical (unpaired) electrons. The van der Waals surface area contributed by atoms with Crippen LogP contribution in [0.5, 0.6) is 0 Å². The molecule has 0 aliphatic carbocycles. The summed E-state index contributed by atoms with van der Waals surface area (Å²) in [5.41, 5.74) is 3.22. The number of anilines is 1. The summed E-state index contributed by atoms with van der Waals surface area (Å²) >= 11 is 7.20. The zero-order valence-electron chi connectivity index (χ0n) is 22.5. The van der Waals surface area contributed by atoms with E-state index in [9.17, 15) is 14.4 Å². The number of carbonyl (C=O) groups excluding carboxylic acids is 3. The van der Waals surface area contributed by atoms with Gasteiger partial charge in [-0.15, -0.1) is 0 Å². The van der Waals surface area contributed by atoms with E-state index < -0.39 is 11.3 Å². The molecule has 0 aromatic heterocycles. The van der Waals surface area contributed by atoms with E-state index >= 15 is 0 Å². The van der Waals surface area contributed by atoms with Gasteiger partial charge in [-0.1, -0.05) is 72.8 Å². The minimum Gasteiger partial charge on any atom is -0.356 e. The number of hydrogen-bond donors (Lipinski definition) is 2. The van der Waals surface area contributed by atoms with Crippen molar-refractivity contribution in [2.24, 2.45) is 9.98 Å². The SMILES string of the molecule is CC[C@@H](SC1=Nc2ccccc2C2=N[C@@H](CCC(=O)NCCc3ccccc3)C(=O)N12)C(=O)Nc1ccc(Cl)cc1. The van der Waals surface area contributed by atoms with E-state index in [1.54, 1.807) is 24.3 Å². The Bertz CT molecular complexity index is 1490. The Morgan fingerprint density at radius 1 is 1.02 bits per heavy atom. The Balaban J connectivity index is 1.26. The molecule has 2 atom stereocenters. The van der Waals surface area contributed by atoms with Gasteiger partial charge in [-0.05, 0) is 61.2 Å². The summed E-state index contributed by atoms with van der Waals surface area (Å²) in [5, 5.41) is 6.33. The Labute approximate surface area is 248 Å². The molecule has 3 aromatic carbocycles. The normalized spacial score (nSPS) is 16.3. The van der Waals surface area contributed by atoms with Crippen LogP contribution in [-0.2, 0) is 20.8 Å². The van der Waals surface area contributed by atoms with Gasteiger partial charge in [0, 0.05) is 29.2 Å². The topological polar surface area (TPSA) is 103 Å². The smallest absolute Gasteiger partial charge is 0.259 e. The zero-order chi connectivity index (χ0) is 28.8. The van der Waals surface area contributed by atoms with Crippen molar-refractivity contribution < 1.29 is 14.4 Å². The first-order valence-electron chi connectivity index (χ1n) is 13.6. The number of amides is 3. The van der Waals surface area contributed by atoms with Crippen molar-refractivity contribution in [2.45, 2.75) is 43.9 Å². The molecule has 10 heteroatoms. The summed E-state index contributed by atoms with van der Waals surface area (Å²) < 4.78 is 0. The Morgan fingerprint density at radius 2 is 1.76 bits per heavy atom. The number of para-hydroxylation sites is 1. The standard InChI is InChI=1S/C31H30ClN5O3S/c1-2-26(29(39)34-22-14-12-21(32)13-15-22)41-31-36-24-11-7-6-10-23(24)28-35-25(30(40)37(28)31)16-17-27(38)33-19-18-20-8-4-3-5-9-20/h3-15,25-26H,2,16-19H2,1H3,(H,33,38)(H,34,39)/t25-,26+/m0/s1. The van der Waals surface area contributed by atoms with Crippen molar-refractivity contribution >= 4 is 63.5 Å². The number of aliphatic imine (C=N–C) groups is 2. The van der Waals surface area contributed by atoms with Crippen LogP contribution in [0.2, 0.25) is 5.02 Å². The molecule has 0 saturated carbocycles. The number of halogens is 1. The first kappa shape index (κ1) is 28.6. The maximum Gasteiger partial charge on any atom is 0.259 e. The third-order valence-corrected chi connectivity index (χ3v) is 8.36. The second-order valence-corrected chi connectivity index (χ2v) is 11.3. The zero-order valence-corrected chi connectivity index (χ0v) is 24.1. The third kappa shape index (κ3) is 6.86. The second-order valence-electron chi connectivity index (χ2n) is 9.69. The summed E-state index contributed by atoms with van der Waals surface area (Å²) in [4.78, 5) is 50.3. The van der Waals surface area contributed by atoms with Crippen LogP contribution in [-0.4, -0.2) is 51.5 Å². The first-order chi connectivity index (χ1) is 19.9. The molecule has 2 aliphatic heterocycles. The number of amidine groups is 2. The van der Waals surface area contributed by atoms with Gasteiger partial charge in [-0.3, -0.25) is 19.4 Å². The van der Waals surface area contributed by atoms with E-state index in [1.165, 1.54) is 16.7 Å². The summed E-state index contributed by atoms with van der Waals surface area (Å²) in [6.45, 7) is 2.44. The third-order valence-electron chi connectivity index (χ3n) is 6.79. The quantitative estimate of drug-likeness (QED) is 0.323. The Morgan fingerprint density at radius 3 is 2.51 bits per heavy atom. The van der Waals surface area contributed by atoms with Crippen molar-refractivity contribution in [2.75, 3.05) is 11.9 Å². The van der Waals surface area contributed by atoms with E-state index in [-0.39, 0.29) is 30.6 Å². The van der Waals surface area contributed by atoms with Crippen LogP contribution < -0.4 is 10.6 Å². The highest BCUT2D eigenvalue weighted by Crippen LogP contribution is 2.36. The molecule has 3 amide bonds. The maximum atomic E-state index is 13.6. The number of carbonyl (C=O) groups is 3. The lowest BCUT2D eigenvalue weighted by Crippen LogP contribution is -2.42. The van der Waals surface area contributed by atoms with Crippen LogP contribution in [0.1, 0.15) is 37.3 Å². The molecule has 2 aliphatic rings. The van der Waals surface area contributed by atoms with Crippen molar-refractivity contribution in [3.8, 4) is 0 Å². The van der Waals surface area contributed by atoms with Crippen LogP contribution in [0, 0.1) is 0 Å². The van der Waals surface area contributed by atoms with Gasteiger partial charge in [0.05, 0.1) is 10.9 Å². The van der Waals surface area contributed by atoms with Gasteiger partial charge in [-0.25, -0.2) is 9.89 Å². The molecule has 0 unspecified atom stereocenters. The summed E-state index contributed by atoms with van der Waals surface area (Å²) in [7, 11) is 0. The molecule has 3 aromatic rings. The molecule has 8 nitrogen and oxygen atoms in total. The Kier molecular flexibility index (Phi) is 9.16. The molecular weight excluding hydrogens is 558 g/mol. The van der Waals surface area contributed by atoms with Gasteiger partial charge in [0.15, 0.2) is 5.17 Å². The molecule has 0 saturated heterocycles. The van der Waals surface area contributed by atoms with Crippen LogP contribution >= 0.6 is 23.4 Å². The predicted molar refractivity (Wildman–Crippen MR) is 165 cm³/mol. The number of rotatable bonds is 10. The summed E-state index contributed by atoms with van der Waals surface area (Å²) in [6, 6.07) is 23.6. The molecular formula is C31H30ClN5O3S. The van der Waals surface area contributed by atoms with Crippen molar-refractivity contribution in [3.05, 3.63) is 95.0 Å². The van der Waals surface area contributed by atoms with Crippen LogP contribution in [0.4, 0.5) is 11.4 Å². The summed E-state index contributed by atoms with van der Waals surface area (Å²) in [6.07, 6.45) is 1.72. The minimum absolute atomic E-state index is 0.118. The van der Waals surface area contributed by atoms with Gasteiger partial charge < -0.3 is 10.6 Å². The molecule has 0 bridgehead atoms. The highest BCUT2D eigenvalue weighted by molar-refractivity contribution is 8.15. The highest BCUT2D eigenvalue weighted by atomic mass is 35.5. The van der Waals surface area contributed by atoms with Gasteiger partial charge in [0.2, 0.25) is 11.8 Å². The van der Waals surface area contributed by atoms with Crippen LogP contribution in [0.15, 0.2) is 88.8 Å². The first-order valence-corrected chi connectivity index (χ1v) is 14.8. The molecule has 0 fully saturated rings. The second kappa shape index (κ2) is 13.1. The molecule has 41 heavy (non-hydrogen) atoms. The van der Waals surface area contributed by atoms with Crippen LogP contribution in [0.25, 0.3) is 0 Å². The average molecular weight is 588 g/mol. The van der Waals surface area contributed by atoms with E-state index in [4.69, 9.17) is 21.6 Å². The number of fused-ring (bicyclic) bond motifs is 3. The van der Waals surface area contributed by atoms with Gasteiger partial charge >= 0.3 is 0 Å². The van der Waals surface area contributed by atoms with E-state index in [0.717, 1.165) is 17.5 Å². The van der Waals surface area contributed by atoms with E-state index in [0.29, 0.717) is 40.4 Å². The molecule has 2 N–H and O–H groups in total. The number of nitrogens with zero attached hydrogens (tertiary/aromatic N) is 3. The van der Waals surface area contributed by atoms with Gasteiger partial charge in [0.1, 0.15) is 11.9 Å². The van der Waals surface area contributed by atoms with Crippen molar-refractivity contribution in [1.82, 2.24) is 10.2 Å². The Hall–Kier alpha value is -3.95. The van der Waals surface area contributed by atoms with Crippen molar-refractivity contribution in [3.63, 3.8) is 0 Å². The number of hydrogen-bond acceptors (Lipinski definition) is 6. The van der Waals surface area contributed by atoms with E-state index in [2.05, 4.69) is 10.6 Å². The molecule has 0 spiro atoms. The fourth-order valence-corrected chi connectivity index (χ4v) is 5.77. The minimum atomic E-state index is -0.704. The van der Waals surface area contributed by atoms with Gasteiger partial charge in [-0.2, -0.15) is 0 Å². The fraction of sp³-hybridized carbons (Fsp3) is 0.258. The largest absolute Gasteiger partial charge is 0.356 e. The molecule has 2 heterocycles.